The molecular formula is C15H25NO2. The van der Waals surface area contributed by atoms with Crippen LogP contribution in [-0.2, 0) is 10.2 Å². The lowest BCUT2D eigenvalue weighted by Crippen LogP contribution is -2.35. The van der Waals surface area contributed by atoms with Crippen LogP contribution in [0.4, 0.5) is 0 Å². The summed E-state index contributed by atoms with van der Waals surface area (Å²) in [5.74, 6) is 0.916. The second-order valence-corrected chi connectivity index (χ2v) is 5.53. The van der Waals surface area contributed by atoms with E-state index in [0.29, 0.717) is 13.2 Å². The van der Waals surface area contributed by atoms with E-state index in [-0.39, 0.29) is 11.5 Å². The quantitative estimate of drug-likeness (QED) is 0.843. The van der Waals surface area contributed by atoms with E-state index in [4.69, 9.17) is 9.47 Å². The minimum absolute atomic E-state index is 0.147. The zero-order valence-corrected chi connectivity index (χ0v) is 12.1. The van der Waals surface area contributed by atoms with Gasteiger partial charge in [-0.3, -0.25) is 0 Å². The number of ether oxygens (including phenoxy) is 2. The summed E-state index contributed by atoms with van der Waals surface area (Å²) in [7, 11) is 3.61. The van der Waals surface area contributed by atoms with Gasteiger partial charge in [-0.25, -0.2) is 0 Å². The van der Waals surface area contributed by atoms with Gasteiger partial charge in [0.15, 0.2) is 0 Å². The van der Waals surface area contributed by atoms with Crippen LogP contribution >= 0.6 is 0 Å². The maximum Gasteiger partial charge on any atom is 0.119 e. The van der Waals surface area contributed by atoms with Crippen molar-refractivity contribution in [2.24, 2.45) is 0 Å². The van der Waals surface area contributed by atoms with Gasteiger partial charge < -0.3 is 14.8 Å². The minimum Gasteiger partial charge on any atom is -0.492 e. The van der Waals surface area contributed by atoms with Crippen molar-refractivity contribution in [3.8, 4) is 5.75 Å². The van der Waals surface area contributed by atoms with E-state index < -0.39 is 0 Å². The van der Waals surface area contributed by atoms with Crippen LogP contribution in [0.15, 0.2) is 24.3 Å². The molecule has 0 spiro atoms. The van der Waals surface area contributed by atoms with Crippen LogP contribution in [0.2, 0.25) is 0 Å². The highest BCUT2D eigenvalue weighted by Gasteiger charge is 2.14. The Morgan fingerprint density at radius 2 is 1.94 bits per heavy atom. The first-order valence-corrected chi connectivity index (χ1v) is 6.37. The number of benzene rings is 1. The monoisotopic (exact) mass is 251 g/mol. The van der Waals surface area contributed by atoms with E-state index >= 15 is 0 Å². The maximum absolute atomic E-state index is 5.80. The normalized spacial score (nSPS) is 13.4. The number of hydrogen-bond donors (Lipinski definition) is 1. The second kappa shape index (κ2) is 6.76. The SMILES string of the molecule is CNC(COC)COc1cccc(C(C)(C)C)c1. The molecule has 1 rings (SSSR count). The molecule has 0 saturated carbocycles. The largest absolute Gasteiger partial charge is 0.492 e. The van der Waals surface area contributed by atoms with Crippen molar-refractivity contribution in [3.05, 3.63) is 29.8 Å². The number of likely N-dealkylation sites (N-methyl/N-ethyl adjacent to an activating group) is 1. The van der Waals surface area contributed by atoms with Crippen molar-refractivity contribution < 1.29 is 9.47 Å². The van der Waals surface area contributed by atoms with Crippen LogP contribution in [0, 0.1) is 0 Å². The number of rotatable bonds is 6. The summed E-state index contributed by atoms with van der Waals surface area (Å²) in [5.41, 5.74) is 1.43. The molecule has 1 aromatic carbocycles. The summed E-state index contributed by atoms with van der Waals surface area (Å²) >= 11 is 0. The Labute approximate surface area is 110 Å². The predicted molar refractivity (Wildman–Crippen MR) is 75.4 cm³/mol. The molecule has 3 heteroatoms. The van der Waals surface area contributed by atoms with Gasteiger partial charge in [0.25, 0.3) is 0 Å². The fourth-order valence-electron chi connectivity index (χ4n) is 1.67. The third-order valence-electron chi connectivity index (χ3n) is 2.93. The highest BCUT2D eigenvalue weighted by atomic mass is 16.5. The fraction of sp³-hybridized carbons (Fsp3) is 0.600. The molecule has 0 aliphatic carbocycles. The van der Waals surface area contributed by atoms with Crippen LogP contribution in [-0.4, -0.2) is 33.4 Å². The highest BCUT2D eigenvalue weighted by Crippen LogP contribution is 2.25. The maximum atomic E-state index is 5.80. The molecule has 0 heterocycles. The first-order chi connectivity index (χ1) is 8.47. The second-order valence-electron chi connectivity index (χ2n) is 5.53. The van der Waals surface area contributed by atoms with Gasteiger partial charge in [-0.15, -0.1) is 0 Å². The molecule has 1 N–H and O–H groups in total. The Bertz CT molecular complexity index is 358. The smallest absolute Gasteiger partial charge is 0.119 e. The zero-order valence-electron chi connectivity index (χ0n) is 12.1. The van der Waals surface area contributed by atoms with Crippen molar-refractivity contribution in [2.75, 3.05) is 27.4 Å². The van der Waals surface area contributed by atoms with Gasteiger partial charge in [0, 0.05) is 7.11 Å². The molecule has 0 aromatic heterocycles. The van der Waals surface area contributed by atoms with E-state index in [0.717, 1.165) is 5.75 Å². The lowest BCUT2D eigenvalue weighted by molar-refractivity contribution is 0.140. The van der Waals surface area contributed by atoms with Gasteiger partial charge in [-0.2, -0.15) is 0 Å². The first-order valence-electron chi connectivity index (χ1n) is 6.37. The molecule has 1 aromatic rings. The van der Waals surface area contributed by atoms with E-state index in [1.165, 1.54) is 5.56 Å². The molecule has 102 valence electrons. The van der Waals surface area contributed by atoms with Gasteiger partial charge in [0.05, 0.1) is 12.6 Å². The summed E-state index contributed by atoms with van der Waals surface area (Å²) in [6, 6.07) is 8.50. The standard InChI is InChI=1S/C15H25NO2/c1-15(2,3)12-7-6-8-14(9-12)18-11-13(16-4)10-17-5/h6-9,13,16H,10-11H2,1-5H3. The van der Waals surface area contributed by atoms with E-state index in [2.05, 4.69) is 38.2 Å². The summed E-state index contributed by atoms with van der Waals surface area (Å²) in [4.78, 5) is 0. The van der Waals surface area contributed by atoms with Crippen molar-refractivity contribution in [2.45, 2.75) is 32.2 Å². The van der Waals surface area contributed by atoms with Crippen molar-refractivity contribution in [1.82, 2.24) is 5.32 Å². The van der Waals surface area contributed by atoms with Crippen molar-refractivity contribution in [3.63, 3.8) is 0 Å². The Kier molecular flexibility index (Phi) is 5.63. The number of hydrogen-bond acceptors (Lipinski definition) is 3. The molecule has 0 amide bonds. The summed E-state index contributed by atoms with van der Waals surface area (Å²) in [6.07, 6.45) is 0. The van der Waals surface area contributed by atoms with Crippen LogP contribution in [0.25, 0.3) is 0 Å². The molecule has 1 unspecified atom stereocenters. The molecule has 0 saturated heterocycles. The summed E-state index contributed by atoms with van der Waals surface area (Å²) in [5, 5.41) is 3.17. The molecule has 0 aliphatic rings. The first kappa shape index (κ1) is 15.0. The van der Waals surface area contributed by atoms with Crippen molar-refractivity contribution in [1.29, 1.82) is 0 Å². The van der Waals surface area contributed by atoms with Crippen LogP contribution in [0.5, 0.6) is 5.75 Å². The molecule has 0 radical (unpaired) electrons. The number of methoxy groups -OCH3 is 1. The molecule has 18 heavy (non-hydrogen) atoms. The van der Waals surface area contributed by atoms with Crippen LogP contribution in [0.3, 0.4) is 0 Å². The minimum atomic E-state index is 0.147. The van der Waals surface area contributed by atoms with Crippen molar-refractivity contribution >= 4 is 0 Å². The van der Waals surface area contributed by atoms with E-state index in [1.54, 1.807) is 7.11 Å². The third-order valence-corrected chi connectivity index (χ3v) is 2.93. The van der Waals surface area contributed by atoms with Gasteiger partial charge in [0.1, 0.15) is 12.4 Å². The van der Waals surface area contributed by atoms with E-state index in [1.807, 2.05) is 19.2 Å². The van der Waals surface area contributed by atoms with Gasteiger partial charge in [-0.1, -0.05) is 32.9 Å². The molecule has 1 atom stereocenters. The fourth-order valence-corrected chi connectivity index (χ4v) is 1.67. The summed E-state index contributed by atoms with van der Waals surface area (Å²) in [6.45, 7) is 7.86. The van der Waals surface area contributed by atoms with Gasteiger partial charge in [0.2, 0.25) is 0 Å². The Morgan fingerprint density at radius 1 is 1.22 bits per heavy atom. The third kappa shape index (κ3) is 4.67. The Morgan fingerprint density at radius 3 is 2.50 bits per heavy atom. The van der Waals surface area contributed by atoms with Crippen LogP contribution in [0.1, 0.15) is 26.3 Å². The molecular weight excluding hydrogens is 226 g/mol. The molecule has 0 bridgehead atoms. The van der Waals surface area contributed by atoms with Crippen LogP contribution < -0.4 is 10.1 Å². The predicted octanol–water partition coefficient (Wildman–Crippen LogP) is 2.60. The summed E-state index contributed by atoms with van der Waals surface area (Å²) < 4.78 is 10.9. The van der Waals surface area contributed by atoms with Gasteiger partial charge >= 0.3 is 0 Å². The zero-order chi connectivity index (χ0) is 13.6. The average Bonchev–Trinajstić information content (AvgIpc) is 2.34. The van der Waals surface area contributed by atoms with Gasteiger partial charge in [-0.05, 0) is 30.2 Å². The Balaban J connectivity index is 2.62. The molecule has 3 nitrogen and oxygen atoms in total. The highest BCUT2D eigenvalue weighted by molar-refractivity contribution is 5.32. The average molecular weight is 251 g/mol. The lowest BCUT2D eigenvalue weighted by atomic mass is 9.87. The Hall–Kier alpha value is -1.06. The molecule has 0 aliphatic heterocycles. The molecule has 0 fully saturated rings. The topological polar surface area (TPSA) is 30.5 Å². The number of nitrogens with one attached hydrogen (secondary N) is 1. The lowest BCUT2D eigenvalue weighted by Gasteiger charge is -2.21. The van der Waals surface area contributed by atoms with E-state index in [9.17, 15) is 0 Å².